The first-order chi connectivity index (χ1) is 7.22. The number of hydrogen-bond acceptors (Lipinski definition) is 4. The fraction of sp³-hybridized carbons (Fsp3) is 0.444. The summed E-state index contributed by atoms with van der Waals surface area (Å²) in [5, 5.41) is 0.314. The molecular formula is C9H8ClN3O2. The van der Waals surface area contributed by atoms with Crippen LogP contribution in [0, 0.1) is 0 Å². The number of aromatic nitrogens is 2. The van der Waals surface area contributed by atoms with Crippen LogP contribution in [0.25, 0.3) is 0 Å². The number of carbonyl (C=O) groups is 1. The van der Waals surface area contributed by atoms with Crippen molar-refractivity contribution in [3.63, 3.8) is 0 Å². The number of β-lactam (4-membered cyclic amide) rings is 1. The van der Waals surface area contributed by atoms with Crippen molar-refractivity contribution in [2.75, 3.05) is 19.7 Å². The van der Waals surface area contributed by atoms with Crippen LogP contribution in [0.1, 0.15) is 5.69 Å². The molecule has 3 fully saturated rings. The Morgan fingerprint density at radius 2 is 2.33 bits per heavy atom. The molecule has 2 bridgehead atoms. The summed E-state index contributed by atoms with van der Waals surface area (Å²) in [6.45, 7) is 1.79. The molecule has 0 saturated carbocycles. The Labute approximate surface area is 91.0 Å². The number of rotatable bonds is 1. The quantitative estimate of drug-likeness (QED) is 0.641. The van der Waals surface area contributed by atoms with Gasteiger partial charge >= 0.3 is 0 Å². The highest BCUT2D eigenvalue weighted by Gasteiger charge is 2.58. The molecule has 4 heterocycles. The average Bonchev–Trinajstić information content (AvgIpc) is 2.29. The molecule has 0 spiro atoms. The van der Waals surface area contributed by atoms with E-state index in [0.29, 0.717) is 30.5 Å². The van der Waals surface area contributed by atoms with E-state index >= 15 is 0 Å². The first kappa shape index (κ1) is 9.06. The van der Waals surface area contributed by atoms with Crippen molar-refractivity contribution < 1.29 is 9.53 Å². The van der Waals surface area contributed by atoms with Gasteiger partial charge < -0.3 is 9.64 Å². The van der Waals surface area contributed by atoms with Crippen LogP contribution in [-0.2, 0) is 15.1 Å². The lowest BCUT2D eigenvalue weighted by Crippen LogP contribution is -2.70. The molecule has 15 heavy (non-hydrogen) atoms. The first-order valence-electron chi connectivity index (χ1n) is 4.64. The van der Waals surface area contributed by atoms with Crippen molar-refractivity contribution >= 4 is 17.5 Å². The summed E-state index contributed by atoms with van der Waals surface area (Å²) in [4.78, 5) is 21.5. The topological polar surface area (TPSA) is 55.3 Å². The van der Waals surface area contributed by atoms with E-state index in [4.69, 9.17) is 16.3 Å². The molecule has 5 nitrogen and oxygen atoms in total. The predicted octanol–water partition coefficient (Wildman–Crippen LogP) is 0.198. The molecule has 1 aromatic rings. The summed E-state index contributed by atoms with van der Waals surface area (Å²) in [6.07, 6.45) is 2.93. The number of halogens is 1. The van der Waals surface area contributed by atoms with Crippen LogP contribution in [0.4, 0.5) is 0 Å². The number of carbonyl (C=O) groups excluding carboxylic acids is 1. The Kier molecular flexibility index (Phi) is 1.75. The Morgan fingerprint density at radius 1 is 1.47 bits per heavy atom. The smallest absolute Gasteiger partial charge is 0.263 e. The largest absolute Gasteiger partial charge is 0.355 e. The number of amides is 1. The highest BCUT2D eigenvalue weighted by Crippen LogP contribution is 2.38. The molecule has 6 heteroatoms. The van der Waals surface area contributed by atoms with E-state index in [2.05, 4.69) is 9.97 Å². The van der Waals surface area contributed by atoms with Crippen molar-refractivity contribution in [3.8, 4) is 0 Å². The lowest BCUT2D eigenvalue weighted by atomic mass is 9.87. The normalized spacial score (nSPS) is 28.9. The third-order valence-corrected chi connectivity index (χ3v) is 2.99. The second-order valence-corrected chi connectivity index (χ2v) is 4.01. The lowest BCUT2D eigenvalue weighted by Gasteiger charge is -2.51. The van der Waals surface area contributed by atoms with E-state index in [1.807, 2.05) is 0 Å². The van der Waals surface area contributed by atoms with Gasteiger partial charge in [-0.1, -0.05) is 11.6 Å². The van der Waals surface area contributed by atoms with E-state index in [1.165, 1.54) is 12.4 Å². The predicted molar refractivity (Wildman–Crippen MR) is 51.3 cm³/mol. The van der Waals surface area contributed by atoms with Crippen LogP contribution in [-0.4, -0.2) is 40.5 Å². The fourth-order valence-corrected chi connectivity index (χ4v) is 2.07. The second-order valence-electron chi connectivity index (χ2n) is 3.63. The number of morpholine rings is 2. The van der Waals surface area contributed by atoms with Crippen molar-refractivity contribution in [1.29, 1.82) is 0 Å². The Balaban J connectivity index is 1.99. The van der Waals surface area contributed by atoms with Crippen LogP contribution in [0.2, 0.25) is 5.15 Å². The van der Waals surface area contributed by atoms with Gasteiger partial charge in [0.15, 0.2) is 0 Å². The number of nitrogens with zero attached hydrogens (tertiary/aromatic N) is 3. The molecule has 3 aliphatic rings. The minimum absolute atomic E-state index is 0.0228. The summed E-state index contributed by atoms with van der Waals surface area (Å²) in [5.74, 6) is -0.0228. The molecule has 0 radical (unpaired) electrons. The lowest BCUT2D eigenvalue weighted by molar-refractivity contribution is -0.212. The highest BCUT2D eigenvalue weighted by molar-refractivity contribution is 6.29. The van der Waals surface area contributed by atoms with Gasteiger partial charge in [-0.2, -0.15) is 0 Å². The Bertz CT molecular complexity index is 418. The van der Waals surface area contributed by atoms with Crippen LogP contribution >= 0.6 is 11.6 Å². The summed E-state index contributed by atoms with van der Waals surface area (Å²) in [7, 11) is 0. The van der Waals surface area contributed by atoms with Gasteiger partial charge in [0, 0.05) is 6.54 Å². The van der Waals surface area contributed by atoms with Crippen molar-refractivity contribution in [1.82, 2.24) is 14.9 Å². The SMILES string of the molecule is O=C1N2CCOC1(c1cnc(Cl)cn1)C2. The zero-order valence-corrected chi connectivity index (χ0v) is 8.57. The van der Waals surface area contributed by atoms with E-state index in [9.17, 15) is 4.79 Å². The number of ether oxygens (including phenoxy) is 1. The number of fused-ring (bicyclic) bond motifs is 2. The monoisotopic (exact) mass is 225 g/mol. The summed E-state index contributed by atoms with van der Waals surface area (Å²) < 4.78 is 5.53. The molecule has 0 aliphatic carbocycles. The molecule has 0 N–H and O–H groups in total. The summed E-state index contributed by atoms with van der Waals surface area (Å²) >= 11 is 5.64. The van der Waals surface area contributed by atoms with Gasteiger partial charge in [0.1, 0.15) is 10.8 Å². The molecule has 3 aliphatic heterocycles. The third kappa shape index (κ3) is 1.10. The first-order valence-corrected chi connectivity index (χ1v) is 5.01. The highest BCUT2D eigenvalue weighted by atomic mass is 35.5. The summed E-state index contributed by atoms with van der Waals surface area (Å²) in [5.41, 5.74) is -0.330. The Morgan fingerprint density at radius 3 is 2.93 bits per heavy atom. The van der Waals surface area contributed by atoms with Crippen molar-refractivity contribution in [3.05, 3.63) is 23.2 Å². The van der Waals surface area contributed by atoms with Crippen molar-refractivity contribution in [2.45, 2.75) is 5.60 Å². The molecule has 3 saturated heterocycles. The van der Waals surface area contributed by atoms with Gasteiger partial charge in [-0.3, -0.25) is 9.78 Å². The maximum atomic E-state index is 11.8. The van der Waals surface area contributed by atoms with E-state index in [0.717, 1.165) is 0 Å². The van der Waals surface area contributed by atoms with Crippen LogP contribution < -0.4 is 0 Å². The number of hydrogen-bond donors (Lipinski definition) is 0. The van der Waals surface area contributed by atoms with Gasteiger partial charge in [0.25, 0.3) is 5.91 Å². The zero-order valence-electron chi connectivity index (χ0n) is 7.81. The maximum absolute atomic E-state index is 11.8. The van der Waals surface area contributed by atoms with Gasteiger partial charge in [0.2, 0.25) is 5.60 Å². The fourth-order valence-electron chi connectivity index (χ4n) is 1.98. The van der Waals surface area contributed by atoms with Gasteiger partial charge in [-0.15, -0.1) is 0 Å². The van der Waals surface area contributed by atoms with E-state index in [1.54, 1.807) is 4.90 Å². The second kappa shape index (κ2) is 2.90. The van der Waals surface area contributed by atoms with Crippen molar-refractivity contribution in [2.24, 2.45) is 0 Å². The summed E-state index contributed by atoms with van der Waals surface area (Å²) in [6, 6.07) is 0. The van der Waals surface area contributed by atoms with Crippen LogP contribution in [0.5, 0.6) is 0 Å². The zero-order chi connectivity index (χ0) is 10.5. The molecule has 1 unspecified atom stereocenters. The van der Waals surface area contributed by atoms with Gasteiger partial charge in [0.05, 0.1) is 25.5 Å². The third-order valence-electron chi connectivity index (χ3n) is 2.79. The minimum Gasteiger partial charge on any atom is -0.355 e. The molecule has 4 rings (SSSR count). The van der Waals surface area contributed by atoms with Gasteiger partial charge in [-0.05, 0) is 0 Å². The van der Waals surface area contributed by atoms with E-state index in [-0.39, 0.29) is 5.91 Å². The molecule has 78 valence electrons. The molecular weight excluding hydrogens is 218 g/mol. The standard InChI is InChI=1S/C9H8ClN3O2/c10-7-4-11-6(3-12-7)9-5-13(8(9)14)1-2-15-9/h3-4H,1-2,5H2. The maximum Gasteiger partial charge on any atom is 0.263 e. The van der Waals surface area contributed by atoms with E-state index < -0.39 is 5.60 Å². The van der Waals surface area contributed by atoms with Crippen LogP contribution in [0.3, 0.4) is 0 Å². The minimum atomic E-state index is -0.879. The molecule has 1 amide bonds. The molecule has 0 aromatic carbocycles. The van der Waals surface area contributed by atoms with Gasteiger partial charge in [-0.25, -0.2) is 4.98 Å². The van der Waals surface area contributed by atoms with Crippen LogP contribution in [0.15, 0.2) is 12.4 Å². The Hall–Kier alpha value is -1.20. The average molecular weight is 226 g/mol. The molecule has 1 aromatic heterocycles. The molecule has 1 atom stereocenters.